The van der Waals surface area contributed by atoms with E-state index in [1.807, 2.05) is 30.3 Å². The number of nitriles is 1. The lowest BCUT2D eigenvalue weighted by Gasteiger charge is -2.28. The Bertz CT molecular complexity index is 1150. The minimum absolute atomic E-state index is 0.196. The number of carbonyl (C=O) groups excluding carboxylic acids is 1. The van der Waals surface area contributed by atoms with Gasteiger partial charge in [-0.3, -0.25) is 4.79 Å². The number of nitrogens with one attached hydrogen (secondary N) is 1. The highest BCUT2D eigenvalue weighted by Crippen LogP contribution is 2.31. The Kier molecular flexibility index (Phi) is 6.26. The van der Waals surface area contributed by atoms with Crippen molar-refractivity contribution < 1.29 is 19.4 Å². The third-order valence-corrected chi connectivity index (χ3v) is 4.98. The second kappa shape index (κ2) is 8.88. The van der Waals surface area contributed by atoms with E-state index in [0.29, 0.717) is 11.3 Å². The molecule has 3 rings (SSSR count). The number of carbonyl (C=O) groups is 2. The molecule has 158 valence electrons. The number of fused-ring (bicyclic) bond motifs is 1. The molecule has 3 aromatic rings. The second-order valence-corrected chi connectivity index (χ2v) is 8.37. The zero-order chi connectivity index (χ0) is 22.6. The number of carboxylic acid groups (broad SMARTS) is 1. The van der Waals surface area contributed by atoms with Crippen molar-refractivity contribution in [3.63, 3.8) is 0 Å². The molecule has 2 N–H and O–H groups in total. The number of aliphatic carboxylic acids is 1. The summed E-state index contributed by atoms with van der Waals surface area (Å²) in [5, 5.41) is 22.8. The molecule has 6 nitrogen and oxygen atoms in total. The molecule has 0 aliphatic heterocycles. The molecule has 6 heteroatoms. The van der Waals surface area contributed by atoms with Gasteiger partial charge in [0.15, 0.2) is 0 Å². The Morgan fingerprint density at radius 3 is 2.35 bits per heavy atom. The Morgan fingerprint density at radius 2 is 1.74 bits per heavy atom. The number of hydrogen-bond donors (Lipinski definition) is 2. The molecule has 1 amide bonds. The van der Waals surface area contributed by atoms with Crippen LogP contribution in [0.3, 0.4) is 0 Å². The summed E-state index contributed by atoms with van der Waals surface area (Å²) < 4.78 is 6.07. The van der Waals surface area contributed by atoms with Crippen LogP contribution in [0.25, 0.3) is 10.8 Å². The fourth-order valence-corrected chi connectivity index (χ4v) is 3.27. The van der Waals surface area contributed by atoms with Gasteiger partial charge in [0.25, 0.3) is 5.91 Å². The summed E-state index contributed by atoms with van der Waals surface area (Å²) >= 11 is 0. The van der Waals surface area contributed by atoms with Crippen molar-refractivity contribution >= 4 is 22.6 Å². The first-order valence-corrected chi connectivity index (χ1v) is 9.88. The molecular formula is C25H24N2O4. The van der Waals surface area contributed by atoms with Crippen LogP contribution >= 0.6 is 0 Å². The highest BCUT2D eigenvalue weighted by Gasteiger charge is 2.33. The highest BCUT2D eigenvalue weighted by atomic mass is 16.5. The number of nitrogens with zero attached hydrogens (tertiary/aromatic N) is 1. The average Bonchev–Trinajstić information content (AvgIpc) is 2.74. The van der Waals surface area contributed by atoms with E-state index in [9.17, 15) is 14.7 Å². The molecule has 0 aliphatic rings. The summed E-state index contributed by atoms with van der Waals surface area (Å²) in [6.07, 6.45) is 0. The number of amides is 1. The maximum atomic E-state index is 13.1. The van der Waals surface area contributed by atoms with Gasteiger partial charge in [0.2, 0.25) is 0 Å². The maximum Gasteiger partial charge on any atom is 0.326 e. The average molecular weight is 416 g/mol. The minimum atomic E-state index is -1.10. The fourth-order valence-electron chi connectivity index (χ4n) is 3.27. The van der Waals surface area contributed by atoms with E-state index in [0.717, 1.165) is 16.3 Å². The van der Waals surface area contributed by atoms with E-state index in [1.165, 1.54) is 0 Å². The third-order valence-electron chi connectivity index (χ3n) is 4.98. The summed E-state index contributed by atoms with van der Waals surface area (Å²) in [6.45, 7) is 5.47. The summed E-state index contributed by atoms with van der Waals surface area (Å²) in [4.78, 5) is 24.8. The van der Waals surface area contributed by atoms with Gasteiger partial charge in [-0.25, -0.2) is 4.79 Å². The van der Waals surface area contributed by atoms with E-state index in [1.54, 1.807) is 51.1 Å². The van der Waals surface area contributed by atoms with Crippen molar-refractivity contribution in [3.8, 4) is 11.8 Å². The molecule has 0 heterocycles. The number of ether oxygens (including phenoxy) is 1. The number of carboxylic acids is 1. The minimum Gasteiger partial charge on any atom is -0.487 e. The highest BCUT2D eigenvalue weighted by molar-refractivity contribution is 6.05. The lowest BCUT2D eigenvalue weighted by molar-refractivity contribution is -0.142. The van der Waals surface area contributed by atoms with E-state index >= 15 is 0 Å². The fraction of sp³-hybridized carbons (Fsp3) is 0.240. The van der Waals surface area contributed by atoms with Gasteiger partial charge in [-0.1, -0.05) is 63.2 Å². The molecule has 0 saturated carbocycles. The summed E-state index contributed by atoms with van der Waals surface area (Å²) in [5.74, 6) is -1.22. The smallest absolute Gasteiger partial charge is 0.326 e. The second-order valence-electron chi connectivity index (χ2n) is 8.37. The van der Waals surface area contributed by atoms with Crippen molar-refractivity contribution in [2.24, 2.45) is 5.41 Å². The van der Waals surface area contributed by atoms with Gasteiger partial charge in [0, 0.05) is 5.39 Å². The molecule has 0 aliphatic carbocycles. The van der Waals surface area contributed by atoms with Gasteiger partial charge in [-0.15, -0.1) is 0 Å². The molecule has 31 heavy (non-hydrogen) atoms. The molecule has 0 bridgehead atoms. The van der Waals surface area contributed by atoms with Crippen LogP contribution in [0, 0.1) is 16.7 Å². The first-order valence-electron chi connectivity index (χ1n) is 9.88. The molecule has 1 atom stereocenters. The van der Waals surface area contributed by atoms with Crippen molar-refractivity contribution in [2.45, 2.75) is 33.4 Å². The first-order chi connectivity index (χ1) is 14.7. The van der Waals surface area contributed by atoms with Crippen molar-refractivity contribution in [3.05, 3.63) is 77.4 Å². The molecule has 0 radical (unpaired) electrons. The van der Waals surface area contributed by atoms with E-state index < -0.39 is 23.3 Å². The van der Waals surface area contributed by atoms with Crippen LogP contribution in [-0.4, -0.2) is 23.0 Å². The van der Waals surface area contributed by atoms with Crippen LogP contribution in [0.2, 0.25) is 0 Å². The SMILES string of the molecule is CC(C)(C)C(NC(=O)c1ccc2ccccc2c1OCc1ccc(C#N)cc1)C(=O)O. The van der Waals surface area contributed by atoms with Gasteiger partial charge in [0.05, 0.1) is 17.2 Å². The first kappa shape index (κ1) is 21.8. The topological polar surface area (TPSA) is 99.4 Å². The maximum absolute atomic E-state index is 13.1. The summed E-state index contributed by atoms with van der Waals surface area (Å²) in [7, 11) is 0. The predicted octanol–water partition coefficient (Wildman–Crippen LogP) is 4.52. The monoisotopic (exact) mass is 416 g/mol. The summed E-state index contributed by atoms with van der Waals surface area (Å²) in [5.41, 5.74) is 0.997. The largest absolute Gasteiger partial charge is 0.487 e. The van der Waals surface area contributed by atoms with Gasteiger partial charge in [0.1, 0.15) is 18.4 Å². The zero-order valence-corrected chi connectivity index (χ0v) is 17.7. The van der Waals surface area contributed by atoms with Crippen LogP contribution in [-0.2, 0) is 11.4 Å². The number of rotatable bonds is 6. The molecule has 0 spiro atoms. The summed E-state index contributed by atoms with van der Waals surface area (Å²) in [6, 6.07) is 19.0. The lowest BCUT2D eigenvalue weighted by Crippen LogP contribution is -2.49. The van der Waals surface area contributed by atoms with Crippen LogP contribution < -0.4 is 10.1 Å². The van der Waals surface area contributed by atoms with Gasteiger partial charge >= 0.3 is 5.97 Å². The normalized spacial score (nSPS) is 12.1. The molecule has 0 aromatic heterocycles. The quantitative estimate of drug-likeness (QED) is 0.615. The van der Waals surface area contributed by atoms with Crippen LogP contribution in [0.15, 0.2) is 60.7 Å². The Hall–Kier alpha value is -3.85. The number of benzene rings is 3. The van der Waals surface area contributed by atoms with Crippen LogP contribution in [0.5, 0.6) is 5.75 Å². The van der Waals surface area contributed by atoms with Gasteiger partial charge < -0.3 is 15.2 Å². The molecular weight excluding hydrogens is 392 g/mol. The van der Waals surface area contributed by atoms with E-state index in [4.69, 9.17) is 10.00 Å². The van der Waals surface area contributed by atoms with Crippen molar-refractivity contribution in [1.82, 2.24) is 5.32 Å². The third kappa shape index (κ3) is 5.01. The molecule has 1 unspecified atom stereocenters. The Labute approximate surface area is 181 Å². The van der Waals surface area contributed by atoms with Crippen LogP contribution in [0.1, 0.15) is 42.3 Å². The Balaban J connectivity index is 1.96. The standard InChI is InChI=1S/C25H24N2O4/c1-25(2,3)22(24(29)30)27-23(28)20-13-12-18-6-4-5-7-19(18)21(20)31-15-17-10-8-16(14-26)9-11-17/h4-13,22H,15H2,1-3H3,(H,27,28)(H,29,30). The zero-order valence-electron chi connectivity index (χ0n) is 17.7. The molecule has 0 fully saturated rings. The van der Waals surface area contributed by atoms with Crippen molar-refractivity contribution in [1.29, 1.82) is 5.26 Å². The van der Waals surface area contributed by atoms with Gasteiger partial charge in [-0.05, 0) is 34.6 Å². The molecule has 0 saturated heterocycles. The molecule has 3 aromatic carbocycles. The predicted molar refractivity (Wildman–Crippen MR) is 118 cm³/mol. The van der Waals surface area contributed by atoms with Gasteiger partial charge in [-0.2, -0.15) is 5.26 Å². The lowest BCUT2D eigenvalue weighted by atomic mass is 9.86. The van der Waals surface area contributed by atoms with E-state index in [2.05, 4.69) is 11.4 Å². The van der Waals surface area contributed by atoms with E-state index in [-0.39, 0.29) is 12.2 Å². The Morgan fingerprint density at radius 1 is 1.06 bits per heavy atom. The number of hydrogen-bond acceptors (Lipinski definition) is 4. The van der Waals surface area contributed by atoms with Crippen LogP contribution in [0.4, 0.5) is 0 Å². The van der Waals surface area contributed by atoms with Crippen molar-refractivity contribution in [2.75, 3.05) is 0 Å².